The predicted octanol–water partition coefficient (Wildman–Crippen LogP) is 1.74. The molecule has 3 aromatic heterocycles. The van der Waals surface area contributed by atoms with Gasteiger partial charge < -0.3 is 4.74 Å². The number of rotatable bonds is 4. The predicted molar refractivity (Wildman–Crippen MR) is 97.8 cm³/mol. The summed E-state index contributed by atoms with van der Waals surface area (Å²) in [6, 6.07) is 14.3. The van der Waals surface area contributed by atoms with Gasteiger partial charge in [-0.1, -0.05) is 23.3 Å². The van der Waals surface area contributed by atoms with Crippen molar-refractivity contribution in [2.45, 2.75) is 0 Å². The van der Waals surface area contributed by atoms with E-state index in [1.54, 1.807) is 25.4 Å². The highest BCUT2D eigenvalue weighted by atomic mass is 16.5. The first-order valence-electron chi connectivity index (χ1n) is 8.01. The lowest BCUT2D eigenvalue weighted by atomic mass is 10.0. The van der Waals surface area contributed by atoms with Crippen molar-refractivity contribution >= 4 is 17.4 Å². The topological polar surface area (TPSA) is 114 Å². The number of aromatic nitrogens is 5. The Morgan fingerprint density at radius 2 is 2.07 bits per heavy atom. The standard InChI is InChI=1S/C18H14N6O3/c1-27-12-6-4-5-11(9-12)13-10-14(16(25)19-18-20-22-23-21-18)17(26)24-8-3-2-7-15(13)24/h2-10H,1H3,(H2,19,20,21,22,23,25). The van der Waals surface area contributed by atoms with Gasteiger partial charge in [-0.2, -0.15) is 0 Å². The molecule has 0 aliphatic heterocycles. The lowest BCUT2D eigenvalue weighted by Crippen LogP contribution is -2.26. The number of amides is 1. The van der Waals surface area contributed by atoms with Crippen LogP contribution in [0.4, 0.5) is 5.95 Å². The number of pyridine rings is 2. The minimum atomic E-state index is -0.610. The SMILES string of the molecule is COc1cccc(-c2cc(C(=O)Nc3nnn[nH]3)c(=O)n3ccccc23)c1. The molecule has 27 heavy (non-hydrogen) atoms. The molecular formula is C18H14N6O3. The van der Waals surface area contributed by atoms with Crippen molar-refractivity contribution in [2.75, 3.05) is 12.4 Å². The number of H-pyrrole nitrogens is 1. The molecule has 4 rings (SSSR count). The van der Waals surface area contributed by atoms with Gasteiger partial charge in [-0.05, 0) is 46.3 Å². The number of anilines is 1. The van der Waals surface area contributed by atoms with E-state index in [2.05, 4.69) is 25.9 Å². The number of aromatic amines is 1. The van der Waals surface area contributed by atoms with E-state index in [1.807, 2.05) is 36.4 Å². The zero-order valence-corrected chi connectivity index (χ0v) is 14.2. The maximum Gasteiger partial charge on any atom is 0.267 e. The molecule has 3 heterocycles. The molecule has 0 bridgehead atoms. The first kappa shape index (κ1) is 16.5. The van der Waals surface area contributed by atoms with Crippen molar-refractivity contribution in [3.05, 3.63) is 70.6 Å². The summed E-state index contributed by atoms with van der Waals surface area (Å²) < 4.78 is 6.72. The van der Waals surface area contributed by atoms with Crippen LogP contribution in [0.15, 0.2) is 59.5 Å². The Labute approximate surface area is 152 Å². The van der Waals surface area contributed by atoms with E-state index in [4.69, 9.17) is 4.74 Å². The molecule has 9 nitrogen and oxygen atoms in total. The largest absolute Gasteiger partial charge is 0.497 e. The molecule has 134 valence electrons. The molecule has 1 aromatic carbocycles. The molecular weight excluding hydrogens is 348 g/mol. The van der Waals surface area contributed by atoms with Gasteiger partial charge in [0.25, 0.3) is 11.5 Å². The highest BCUT2D eigenvalue weighted by molar-refractivity contribution is 6.04. The van der Waals surface area contributed by atoms with Crippen molar-refractivity contribution in [1.29, 1.82) is 0 Å². The van der Waals surface area contributed by atoms with Crippen LogP contribution in [0.5, 0.6) is 5.75 Å². The van der Waals surface area contributed by atoms with E-state index in [9.17, 15) is 9.59 Å². The molecule has 0 fully saturated rings. The summed E-state index contributed by atoms with van der Waals surface area (Å²) in [6.07, 6.45) is 1.62. The summed E-state index contributed by atoms with van der Waals surface area (Å²) in [5.41, 5.74) is 1.73. The number of hydrogen-bond acceptors (Lipinski definition) is 6. The van der Waals surface area contributed by atoms with Crippen molar-refractivity contribution in [3.63, 3.8) is 0 Å². The van der Waals surface area contributed by atoms with Gasteiger partial charge in [-0.3, -0.25) is 19.3 Å². The smallest absolute Gasteiger partial charge is 0.267 e. The Balaban J connectivity index is 1.91. The third kappa shape index (κ3) is 3.01. The number of nitrogens with zero attached hydrogens (tertiary/aromatic N) is 4. The molecule has 0 spiro atoms. The van der Waals surface area contributed by atoms with Crippen molar-refractivity contribution in [3.8, 4) is 16.9 Å². The van der Waals surface area contributed by atoms with E-state index in [0.717, 1.165) is 11.1 Å². The van der Waals surface area contributed by atoms with E-state index < -0.39 is 11.5 Å². The average molecular weight is 362 g/mol. The maximum absolute atomic E-state index is 12.8. The highest BCUT2D eigenvalue weighted by Gasteiger charge is 2.18. The molecule has 0 saturated carbocycles. The minimum absolute atomic E-state index is 0.0343. The van der Waals surface area contributed by atoms with Gasteiger partial charge in [0.2, 0.25) is 5.95 Å². The number of nitrogens with one attached hydrogen (secondary N) is 2. The first-order valence-corrected chi connectivity index (χ1v) is 8.01. The van der Waals surface area contributed by atoms with E-state index in [0.29, 0.717) is 11.3 Å². The number of carbonyl (C=O) groups is 1. The lowest BCUT2D eigenvalue weighted by molar-refractivity contribution is 0.102. The van der Waals surface area contributed by atoms with Gasteiger partial charge in [0.1, 0.15) is 11.3 Å². The summed E-state index contributed by atoms with van der Waals surface area (Å²) in [5.74, 6) is 0.118. The number of benzene rings is 1. The summed E-state index contributed by atoms with van der Waals surface area (Å²) in [4.78, 5) is 25.4. The Morgan fingerprint density at radius 1 is 1.19 bits per heavy atom. The van der Waals surface area contributed by atoms with Crippen molar-refractivity contribution in [2.24, 2.45) is 0 Å². The van der Waals surface area contributed by atoms with Gasteiger partial charge in [-0.15, -0.1) is 0 Å². The Hall–Kier alpha value is -4.01. The molecule has 9 heteroatoms. The number of methoxy groups -OCH3 is 1. The molecule has 0 radical (unpaired) electrons. The molecule has 2 N–H and O–H groups in total. The molecule has 0 aliphatic carbocycles. The molecule has 4 aromatic rings. The van der Waals surface area contributed by atoms with Crippen LogP contribution < -0.4 is 15.6 Å². The lowest BCUT2D eigenvalue weighted by Gasteiger charge is -2.12. The summed E-state index contributed by atoms with van der Waals surface area (Å²) in [7, 11) is 1.58. The van der Waals surface area contributed by atoms with E-state index in [-0.39, 0.29) is 11.5 Å². The van der Waals surface area contributed by atoms with Crippen LogP contribution in [0, 0.1) is 0 Å². The quantitative estimate of drug-likeness (QED) is 0.571. The number of fused-ring (bicyclic) bond motifs is 1. The zero-order valence-electron chi connectivity index (χ0n) is 14.2. The monoisotopic (exact) mass is 362 g/mol. The van der Waals surface area contributed by atoms with Crippen molar-refractivity contribution < 1.29 is 9.53 Å². The number of carbonyl (C=O) groups excluding carboxylic acids is 1. The fraction of sp³-hybridized carbons (Fsp3) is 0.0556. The number of ether oxygens (including phenoxy) is 1. The van der Waals surface area contributed by atoms with Gasteiger partial charge in [-0.25, -0.2) is 5.10 Å². The van der Waals surface area contributed by atoms with Crippen LogP contribution in [0.2, 0.25) is 0 Å². The molecule has 1 amide bonds. The number of tetrazole rings is 1. The van der Waals surface area contributed by atoms with Gasteiger partial charge in [0, 0.05) is 11.8 Å². The van der Waals surface area contributed by atoms with Gasteiger partial charge in [0.15, 0.2) is 0 Å². The third-order valence-corrected chi connectivity index (χ3v) is 4.08. The average Bonchev–Trinajstić information content (AvgIpc) is 3.21. The fourth-order valence-corrected chi connectivity index (χ4v) is 2.82. The Morgan fingerprint density at radius 3 is 2.85 bits per heavy atom. The van der Waals surface area contributed by atoms with Crippen LogP contribution in [0.1, 0.15) is 10.4 Å². The zero-order chi connectivity index (χ0) is 18.8. The summed E-state index contributed by atoms with van der Waals surface area (Å²) in [6.45, 7) is 0. The molecule has 0 atom stereocenters. The fourth-order valence-electron chi connectivity index (χ4n) is 2.82. The van der Waals surface area contributed by atoms with Gasteiger partial charge in [0.05, 0.1) is 12.6 Å². The van der Waals surface area contributed by atoms with E-state index in [1.165, 1.54) is 4.40 Å². The summed E-state index contributed by atoms with van der Waals surface area (Å²) >= 11 is 0. The maximum atomic E-state index is 12.8. The third-order valence-electron chi connectivity index (χ3n) is 4.08. The first-order chi connectivity index (χ1) is 13.2. The van der Waals surface area contributed by atoms with E-state index >= 15 is 0 Å². The van der Waals surface area contributed by atoms with Crippen LogP contribution in [-0.2, 0) is 0 Å². The molecule has 0 aliphatic rings. The molecule has 0 saturated heterocycles. The van der Waals surface area contributed by atoms with Crippen molar-refractivity contribution in [1.82, 2.24) is 25.0 Å². The Kier molecular flexibility index (Phi) is 4.09. The van der Waals surface area contributed by atoms with Crippen LogP contribution >= 0.6 is 0 Å². The second kappa shape index (κ2) is 6.71. The molecule has 0 unspecified atom stereocenters. The normalized spacial score (nSPS) is 10.7. The second-order valence-corrected chi connectivity index (χ2v) is 5.67. The second-order valence-electron chi connectivity index (χ2n) is 5.67. The van der Waals surface area contributed by atoms with Crippen LogP contribution in [0.25, 0.3) is 16.6 Å². The van der Waals surface area contributed by atoms with Gasteiger partial charge >= 0.3 is 0 Å². The Bertz CT molecular complexity index is 1180. The highest BCUT2D eigenvalue weighted by Crippen LogP contribution is 2.27. The van der Waals surface area contributed by atoms with Crippen LogP contribution in [-0.4, -0.2) is 38.0 Å². The summed E-state index contributed by atoms with van der Waals surface area (Å²) in [5, 5.41) is 15.3. The van der Waals surface area contributed by atoms with Crippen LogP contribution in [0.3, 0.4) is 0 Å². The number of hydrogen-bond donors (Lipinski definition) is 2. The minimum Gasteiger partial charge on any atom is -0.497 e.